The van der Waals surface area contributed by atoms with E-state index in [4.69, 9.17) is 17.3 Å². The Morgan fingerprint density at radius 3 is 2.87 bits per heavy atom. The van der Waals surface area contributed by atoms with Gasteiger partial charge < -0.3 is 10.3 Å². The summed E-state index contributed by atoms with van der Waals surface area (Å²) in [7, 11) is 0. The molecule has 1 heterocycles. The Morgan fingerprint density at radius 2 is 2.27 bits per heavy atom. The number of rotatable bonds is 2. The van der Waals surface area contributed by atoms with Crippen LogP contribution in [-0.4, -0.2) is 15.5 Å². The van der Waals surface area contributed by atoms with E-state index in [0.717, 1.165) is 0 Å². The fourth-order valence-corrected chi connectivity index (χ4v) is 1.49. The molecule has 2 aromatic rings. The van der Waals surface area contributed by atoms with Crippen molar-refractivity contribution in [1.82, 2.24) is 9.55 Å². The zero-order valence-electron chi connectivity index (χ0n) is 7.72. The second-order valence-electron chi connectivity index (χ2n) is 3.00. The maximum Gasteiger partial charge on any atom is 0.250 e. The summed E-state index contributed by atoms with van der Waals surface area (Å²) in [5.74, 6) is -0.490. The van der Waals surface area contributed by atoms with E-state index >= 15 is 0 Å². The van der Waals surface area contributed by atoms with E-state index < -0.39 is 5.91 Å². The minimum atomic E-state index is -0.490. The third-order valence-corrected chi connectivity index (χ3v) is 2.24. The van der Waals surface area contributed by atoms with Crippen LogP contribution in [0, 0.1) is 0 Å². The van der Waals surface area contributed by atoms with Gasteiger partial charge in [-0.15, -0.1) is 0 Å². The zero-order chi connectivity index (χ0) is 10.8. The molecule has 0 aliphatic heterocycles. The molecule has 4 nitrogen and oxygen atoms in total. The molecular formula is C10H8ClN3O. The highest BCUT2D eigenvalue weighted by Gasteiger charge is 2.09. The molecule has 0 radical (unpaired) electrons. The lowest BCUT2D eigenvalue weighted by Crippen LogP contribution is -2.14. The highest BCUT2D eigenvalue weighted by molar-refractivity contribution is 6.31. The van der Waals surface area contributed by atoms with E-state index in [0.29, 0.717) is 16.3 Å². The van der Waals surface area contributed by atoms with Crippen molar-refractivity contribution >= 4 is 17.5 Å². The number of hydrogen-bond donors (Lipinski definition) is 1. The molecule has 1 amide bonds. The minimum absolute atomic E-state index is 0.414. The molecule has 0 saturated heterocycles. The number of primary amides is 1. The number of carbonyl (C=O) groups is 1. The van der Waals surface area contributed by atoms with Crippen LogP contribution in [0.2, 0.25) is 5.02 Å². The van der Waals surface area contributed by atoms with E-state index in [1.165, 1.54) is 0 Å². The first-order valence-electron chi connectivity index (χ1n) is 4.26. The van der Waals surface area contributed by atoms with E-state index in [9.17, 15) is 4.79 Å². The van der Waals surface area contributed by atoms with Gasteiger partial charge in [0.1, 0.15) is 0 Å². The van der Waals surface area contributed by atoms with Crippen LogP contribution >= 0.6 is 11.6 Å². The SMILES string of the molecule is NC(=O)c1ccc(Cl)cc1-n1ccnc1. The summed E-state index contributed by atoms with van der Waals surface area (Å²) in [6, 6.07) is 4.89. The van der Waals surface area contributed by atoms with Crippen LogP contribution in [0.15, 0.2) is 36.9 Å². The lowest BCUT2D eigenvalue weighted by molar-refractivity contribution is 0.100. The Hall–Kier alpha value is -1.81. The standard InChI is InChI=1S/C10H8ClN3O/c11-7-1-2-8(10(12)15)9(5-7)14-4-3-13-6-14/h1-6H,(H2,12,15). The molecule has 2 rings (SSSR count). The summed E-state index contributed by atoms with van der Waals surface area (Å²) in [5.41, 5.74) is 6.30. The minimum Gasteiger partial charge on any atom is -0.366 e. The second-order valence-corrected chi connectivity index (χ2v) is 3.43. The van der Waals surface area contributed by atoms with Gasteiger partial charge >= 0.3 is 0 Å². The maximum absolute atomic E-state index is 11.2. The molecule has 0 atom stereocenters. The Bertz CT molecular complexity index is 493. The number of benzene rings is 1. The summed E-state index contributed by atoms with van der Waals surface area (Å²) in [6.45, 7) is 0. The lowest BCUT2D eigenvalue weighted by Gasteiger charge is -2.07. The first-order chi connectivity index (χ1) is 7.18. The molecule has 0 aliphatic carbocycles. The molecule has 0 unspecified atom stereocenters. The van der Waals surface area contributed by atoms with Gasteiger partial charge in [0.15, 0.2) is 0 Å². The highest BCUT2D eigenvalue weighted by atomic mass is 35.5. The topological polar surface area (TPSA) is 60.9 Å². The average molecular weight is 222 g/mol. The Labute approximate surface area is 91.3 Å². The largest absolute Gasteiger partial charge is 0.366 e. The van der Waals surface area contributed by atoms with E-state index in [1.807, 2.05) is 0 Å². The maximum atomic E-state index is 11.2. The third-order valence-electron chi connectivity index (χ3n) is 2.01. The normalized spacial score (nSPS) is 10.2. The molecule has 1 aromatic carbocycles. The van der Waals surface area contributed by atoms with Gasteiger partial charge in [0, 0.05) is 17.4 Å². The Morgan fingerprint density at radius 1 is 1.47 bits per heavy atom. The van der Waals surface area contributed by atoms with E-state index in [1.54, 1.807) is 41.5 Å². The average Bonchev–Trinajstić information content (AvgIpc) is 2.69. The smallest absolute Gasteiger partial charge is 0.250 e. The summed E-state index contributed by atoms with van der Waals surface area (Å²) in [6.07, 6.45) is 4.92. The van der Waals surface area contributed by atoms with Crippen LogP contribution in [0.1, 0.15) is 10.4 Å². The number of nitrogens with two attached hydrogens (primary N) is 1. The van der Waals surface area contributed by atoms with Crippen molar-refractivity contribution in [2.75, 3.05) is 0 Å². The van der Waals surface area contributed by atoms with Crippen LogP contribution in [-0.2, 0) is 0 Å². The van der Waals surface area contributed by atoms with Gasteiger partial charge in [0.05, 0.1) is 17.6 Å². The van der Waals surface area contributed by atoms with Crippen molar-refractivity contribution in [3.63, 3.8) is 0 Å². The summed E-state index contributed by atoms with van der Waals surface area (Å²) >= 11 is 5.85. The molecule has 0 saturated carbocycles. The van der Waals surface area contributed by atoms with Gasteiger partial charge in [-0.05, 0) is 18.2 Å². The van der Waals surface area contributed by atoms with Crippen molar-refractivity contribution in [3.05, 3.63) is 47.5 Å². The summed E-state index contributed by atoms with van der Waals surface area (Å²) < 4.78 is 1.69. The molecule has 5 heteroatoms. The number of hydrogen-bond acceptors (Lipinski definition) is 2. The van der Waals surface area contributed by atoms with Gasteiger partial charge in [0.2, 0.25) is 0 Å². The molecular weight excluding hydrogens is 214 g/mol. The highest BCUT2D eigenvalue weighted by Crippen LogP contribution is 2.19. The Balaban J connectivity index is 2.63. The quantitative estimate of drug-likeness (QED) is 0.838. The molecule has 0 spiro atoms. The van der Waals surface area contributed by atoms with Crippen molar-refractivity contribution in [1.29, 1.82) is 0 Å². The number of nitrogens with zero attached hydrogens (tertiary/aromatic N) is 2. The van der Waals surface area contributed by atoms with Crippen LogP contribution in [0.5, 0.6) is 0 Å². The summed E-state index contributed by atoms with van der Waals surface area (Å²) in [5, 5.41) is 0.545. The first kappa shape index (κ1) is 9.73. The first-order valence-corrected chi connectivity index (χ1v) is 4.64. The fraction of sp³-hybridized carbons (Fsp3) is 0. The monoisotopic (exact) mass is 221 g/mol. The van der Waals surface area contributed by atoms with Gasteiger partial charge in [-0.25, -0.2) is 4.98 Å². The number of halogens is 1. The molecule has 76 valence electrons. The van der Waals surface area contributed by atoms with Crippen molar-refractivity contribution in [3.8, 4) is 5.69 Å². The predicted octanol–water partition coefficient (Wildman–Crippen LogP) is 1.62. The molecule has 2 N–H and O–H groups in total. The van der Waals surface area contributed by atoms with Gasteiger partial charge in [0.25, 0.3) is 5.91 Å². The van der Waals surface area contributed by atoms with E-state index in [-0.39, 0.29) is 0 Å². The zero-order valence-corrected chi connectivity index (χ0v) is 8.48. The van der Waals surface area contributed by atoms with E-state index in [2.05, 4.69) is 4.98 Å². The van der Waals surface area contributed by atoms with Crippen LogP contribution in [0.3, 0.4) is 0 Å². The van der Waals surface area contributed by atoms with Crippen LogP contribution in [0.4, 0.5) is 0 Å². The van der Waals surface area contributed by atoms with Crippen molar-refractivity contribution < 1.29 is 4.79 Å². The fourth-order valence-electron chi connectivity index (χ4n) is 1.33. The van der Waals surface area contributed by atoms with Gasteiger partial charge in [-0.3, -0.25) is 4.79 Å². The number of aromatic nitrogens is 2. The van der Waals surface area contributed by atoms with Gasteiger partial charge in [-0.1, -0.05) is 11.6 Å². The number of imidazole rings is 1. The molecule has 0 aliphatic rings. The number of carbonyl (C=O) groups excluding carboxylic acids is 1. The predicted molar refractivity (Wildman–Crippen MR) is 57.1 cm³/mol. The third kappa shape index (κ3) is 1.85. The second kappa shape index (κ2) is 3.74. The summed E-state index contributed by atoms with van der Waals surface area (Å²) in [4.78, 5) is 15.1. The van der Waals surface area contributed by atoms with Crippen molar-refractivity contribution in [2.45, 2.75) is 0 Å². The number of amides is 1. The molecule has 0 bridgehead atoms. The van der Waals surface area contributed by atoms with Crippen LogP contribution in [0.25, 0.3) is 5.69 Å². The molecule has 1 aromatic heterocycles. The Kier molecular flexibility index (Phi) is 2.43. The van der Waals surface area contributed by atoms with Crippen molar-refractivity contribution in [2.24, 2.45) is 5.73 Å². The molecule has 0 fully saturated rings. The van der Waals surface area contributed by atoms with Gasteiger partial charge in [-0.2, -0.15) is 0 Å². The van der Waals surface area contributed by atoms with Crippen LogP contribution < -0.4 is 5.73 Å². The molecule has 15 heavy (non-hydrogen) atoms. The lowest BCUT2D eigenvalue weighted by atomic mass is 10.1.